The monoisotopic (exact) mass is 202 g/mol. The summed E-state index contributed by atoms with van der Waals surface area (Å²) in [6.45, 7) is 6.92. The van der Waals surface area contributed by atoms with Crippen molar-refractivity contribution < 1.29 is 0 Å². The average molecular weight is 202 g/mol. The Balaban J connectivity index is 2.83. The minimum absolute atomic E-state index is 0.0655. The topological polar surface area (TPSA) is 27.0 Å². The van der Waals surface area contributed by atoms with Crippen LogP contribution < -0.4 is 4.90 Å². The molecule has 0 aliphatic heterocycles. The van der Waals surface area contributed by atoms with Gasteiger partial charge < -0.3 is 4.90 Å². The molecule has 0 radical (unpaired) electrons. The van der Waals surface area contributed by atoms with E-state index in [0.29, 0.717) is 0 Å². The highest BCUT2D eigenvalue weighted by molar-refractivity contribution is 5.53. The van der Waals surface area contributed by atoms with Crippen molar-refractivity contribution in [1.29, 1.82) is 5.26 Å². The predicted molar refractivity (Wildman–Crippen MR) is 64.0 cm³/mol. The highest BCUT2D eigenvalue weighted by atomic mass is 15.1. The summed E-state index contributed by atoms with van der Waals surface area (Å²) in [7, 11) is 2.03. The highest BCUT2D eigenvalue weighted by Crippen LogP contribution is 2.20. The predicted octanol–water partition coefficient (Wildman–Crippen LogP) is 2.90. The van der Waals surface area contributed by atoms with Crippen molar-refractivity contribution in [2.24, 2.45) is 5.92 Å². The molecule has 1 aromatic rings. The van der Waals surface area contributed by atoms with Gasteiger partial charge in [-0.2, -0.15) is 5.26 Å². The molecule has 1 unspecified atom stereocenters. The molecule has 1 rings (SSSR count). The summed E-state index contributed by atoms with van der Waals surface area (Å²) in [6.07, 6.45) is 0. The lowest BCUT2D eigenvalue weighted by molar-refractivity contribution is 0.715. The first kappa shape index (κ1) is 11.6. The molecule has 0 saturated heterocycles. The number of aryl methyl sites for hydroxylation is 2. The van der Waals surface area contributed by atoms with Crippen LogP contribution in [0.25, 0.3) is 0 Å². The van der Waals surface area contributed by atoms with Gasteiger partial charge >= 0.3 is 0 Å². The van der Waals surface area contributed by atoms with Crippen LogP contribution in [0.15, 0.2) is 18.2 Å². The molecule has 0 amide bonds. The zero-order valence-electron chi connectivity index (χ0n) is 9.91. The van der Waals surface area contributed by atoms with Gasteiger partial charge in [0, 0.05) is 19.3 Å². The Morgan fingerprint density at radius 1 is 1.40 bits per heavy atom. The third-order valence-corrected chi connectivity index (χ3v) is 2.53. The van der Waals surface area contributed by atoms with Gasteiger partial charge in [0.05, 0.1) is 12.0 Å². The second-order valence-corrected chi connectivity index (χ2v) is 4.20. The Morgan fingerprint density at radius 3 is 2.60 bits per heavy atom. The maximum absolute atomic E-state index is 8.77. The van der Waals surface area contributed by atoms with Gasteiger partial charge in [0.2, 0.25) is 0 Å². The quantitative estimate of drug-likeness (QED) is 0.753. The third kappa shape index (κ3) is 2.99. The number of hydrogen-bond donors (Lipinski definition) is 0. The zero-order valence-corrected chi connectivity index (χ0v) is 9.91. The van der Waals surface area contributed by atoms with Crippen LogP contribution in [0, 0.1) is 31.1 Å². The van der Waals surface area contributed by atoms with Gasteiger partial charge in [-0.1, -0.05) is 17.7 Å². The van der Waals surface area contributed by atoms with E-state index in [1.807, 2.05) is 14.0 Å². The summed E-state index contributed by atoms with van der Waals surface area (Å²) >= 11 is 0. The van der Waals surface area contributed by atoms with Crippen LogP contribution >= 0.6 is 0 Å². The molecule has 0 saturated carbocycles. The molecule has 0 spiro atoms. The van der Waals surface area contributed by atoms with Gasteiger partial charge in [-0.25, -0.2) is 0 Å². The summed E-state index contributed by atoms with van der Waals surface area (Å²) in [5.74, 6) is 0.0655. The van der Waals surface area contributed by atoms with E-state index < -0.39 is 0 Å². The fraction of sp³-hybridized carbons (Fsp3) is 0.462. The minimum atomic E-state index is 0.0655. The lowest BCUT2D eigenvalue weighted by Crippen LogP contribution is -2.23. The van der Waals surface area contributed by atoms with Crippen LogP contribution in [0.1, 0.15) is 18.1 Å². The maximum atomic E-state index is 8.77. The van der Waals surface area contributed by atoms with Gasteiger partial charge in [-0.15, -0.1) is 0 Å². The Bertz CT molecular complexity index is 377. The molecule has 0 aromatic heterocycles. The summed E-state index contributed by atoms with van der Waals surface area (Å²) in [4.78, 5) is 2.14. The van der Waals surface area contributed by atoms with Gasteiger partial charge in [-0.05, 0) is 32.4 Å². The van der Waals surface area contributed by atoms with Crippen molar-refractivity contribution in [3.8, 4) is 6.07 Å². The fourth-order valence-electron chi connectivity index (χ4n) is 1.78. The zero-order chi connectivity index (χ0) is 11.4. The van der Waals surface area contributed by atoms with Crippen LogP contribution in [0.2, 0.25) is 0 Å². The Hall–Kier alpha value is -1.49. The highest BCUT2D eigenvalue weighted by Gasteiger charge is 2.08. The first-order valence-corrected chi connectivity index (χ1v) is 5.22. The molecule has 1 aromatic carbocycles. The SMILES string of the molecule is Cc1ccc(N(C)CC(C)C#N)c(C)c1. The first-order chi connectivity index (χ1) is 7.04. The van der Waals surface area contributed by atoms with Crippen molar-refractivity contribution in [2.75, 3.05) is 18.5 Å². The van der Waals surface area contributed by atoms with Crippen molar-refractivity contribution in [1.82, 2.24) is 0 Å². The van der Waals surface area contributed by atoms with E-state index in [0.717, 1.165) is 6.54 Å². The van der Waals surface area contributed by atoms with Gasteiger partial charge in [0.1, 0.15) is 0 Å². The van der Waals surface area contributed by atoms with Crippen molar-refractivity contribution in [3.63, 3.8) is 0 Å². The van der Waals surface area contributed by atoms with Gasteiger partial charge in [-0.3, -0.25) is 0 Å². The molecule has 2 heteroatoms. The van der Waals surface area contributed by atoms with Crippen molar-refractivity contribution >= 4 is 5.69 Å². The molecule has 0 aliphatic rings. The Morgan fingerprint density at radius 2 is 2.07 bits per heavy atom. The van der Waals surface area contributed by atoms with E-state index in [1.54, 1.807) is 0 Å². The van der Waals surface area contributed by atoms with Crippen LogP contribution in [-0.4, -0.2) is 13.6 Å². The normalized spacial score (nSPS) is 11.9. The molecular formula is C13H18N2. The molecule has 0 heterocycles. The lowest BCUT2D eigenvalue weighted by atomic mass is 10.1. The summed E-state index contributed by atoms with van der Waals surface area (Å²) in [5.41, 5.74) is 3.75. The molecule has 0 fully saturated rings. The van der Waals surface area contributed by atoms with E-state index in [2.05, 4.69) is 43.0 Å². The van der Waals surface area contributed by atoms with Gasteiger partial charge in [0.15, 0.2) is 0 Å². The molecule has 15 heavy (non-hydrogen) atoms. The second kappa shape index (κ2) is 4.84. The fourth-order valence-corrected chi connectivity index (χ4v) is 1.78. The second-order valence-electron chi connectivity index (χ2n) is 4.20. The number of nitriles is 1. The van der Waals surface area contributed by atoms with Crippen LogP contribution in [0.4, 0.5) is 5.69 Å². The Kier molecular flexibility index (Phi) is 3.74. The smallest absolute Gasteiger partial charge is 0.0671 e. The van der Waals surface area contributed by atoms with E-state index in [-0.39, 0.29) is 5.92 Å². The third-order valence-electron chi connectivity index (χ3n) is 2.53. The van der Waals surface area contributed by atoms with E-state index >= 15 is 0 Å². The molecule has 0 N–H and O–H groups in total. The van der Waals surface area contributed by atoms with Crippen LogP contribution in [0.5, 0.6) is 0 Å². The summed E-state index contributed by atoms with van der Waals surface area (Å²) in [5, 5.41) is 8.77. The van der Waals surface area contributed by atoms with E-state index in [1.165, 1.54) is 16.8 Å². The van der Waals surface area contributed by atoms with Crippen molar-refractivity contribution in [2.45, 2.75) is 20.8 Å². The summed E-state index contributed by atoms with van der Waals surface area (Å²) in [6, 6.07) is 8.65. The largest absolute Gasteiger partial charge is 0.373 e. The van der Waals surface area contributed by atoms with Crippen molar-refractivity contribution in [3.05, 3.63) is 29.3 Å². The van der Waals surface area contributed by atoms with Crippen LogP contribution in [-0.2, 0) is 0 Å². The number of anilines is 1. The summed E-state index contributed by atoms with van der Waals surface area (Å²) < 4.78 is 0. The Labute approximate surface area is 92.1 Å². The molecular weight excluding hydrogens is 184 g/mol. The molecule has 80 valence electrons. The number of rotatable bonds is 3. The number of hydrogen-bond acceptors (Lipinski definition) is 2. The van der Waals surface area contributed by atoms with E-state index in [9.17, 15) is 0 Å². The minimum Gasteiger partial charge on any atom is -0.373 e. The molecule has 0 aliphatic carbocycles. The van der Waals surface area contributed by atoms with Gasteiger partial charge in [0.25, 0.3) is 0 Å². The molecule has 1 atom stereocenters. The maximum Gasteiger partial charge on any atom is 0.0671 e. The average Bonchev–Trinajstić information content (AvgIpc) is 2.17. The first-order valence-electron chi connectivity index (χ1n) is 5.22. The number of benzene rings is 1. The lowest BCUT2D eigenvalue weighted by Gasteiger charge is -2.22. The van der Waals surface area contributed by atoms with E-state index in [4.69, 9.17) is 5.26 Å². The number of nitrogens with zero attached hydrogens (tertiary/aromatic N) is 2. The standard InChI is InChI=1S/C13H18N2/c1-10-5-6-13(12(3)7-10)15(4)9-11(2)8-14/h5-7,11H,9H2,1-4H3. The van der Waals surface area contributed by atoms with Crippen LogP contribution in [0.3, 0.4) is 0 Å². The molecule has 0 bridgehead atoms. The molecule has 2 nitrogen and oxygen atoms in total.